The summed E-state index contributed by atoms with van der Waals surface area (Å²) in [5.74, 6) is 1.07. The summed E-state index contributed by atoms with van der Waals surface area (Å²) in [5.41, 5.74) is 1.03. The van der Waals surface area contributed by atoms with E-state index in [1.54, 1.807) is 6.07 Å². The minimum absolute atomic E-state index is 0.0284. The van der Waals surface area contributed by atoms with Gasteiger partial charge in [0.25, 0.3) is 5.91 Å². The highest BCUT2D eigenvalue weighted by atomic mass is 16.5. The van der Waals surface area contributed by atoms with Crippen molar-refractivity contribution in [2.45, 2.75) is 52.2 Å². The first kappa shape index (κ1) is 15.6. The number of ether oxygens (including phenoxy) is 2. The van der Waals surface area contributed by atoms with Crippen LogP contribution in [0.1, 0.15) is 48.1 Å². The van der Waals surface area contributed by atoms with Gasteiger partial charge >= 0.3 is 0 Å². The van der Waals surface area contributed by atoms with E-state index in [1.165, 1.54) is 0 Å². The van der Waals surface area contributed by atoms with Gasteiger partial charge in [0, 0.05) is 31.3 Å². The Kier molecular flexibility index (Phi) is 4.28. The van der Waals surface area contributed by atoms with Crippen molar-refractivity contribution in [2.75, 3.05) is 19.8 Å². The average molecular weight is 307 g/mol. The van der Waals surface area contributed by atoms with E-state index >= 15 is 0 Å². The van der Waals surface area contributed by atoms with E-state index in [-0.39, 0.29) is 23.5 Å². The van der Waals surface area contributed by atoms with Crippen LogP contribution >= 0.6 is 0 Å². The Morgan fingerprint density at radius 1 is 1.41 bits per heavy atom. The highest BCUT2D eigenvalue weighted by molar-refractivity contribution is 5.92. The van der Waals surface area contributed by atoms with Gasteiger partial charge in [0.2, 0.25) is 0 Å². The molecule has 122 valence electrons. The standard InChI is InChI=1S/C17H25NO4/c1-4-21-15-10-14(17(15)5-7-20-8-6-17)18-16(19)13-9-11(2)12(3)22-13/h9,14-15H,4-8,10H2,1-3H3,(H,18,19)/t14-,15-/m1/s1. The van der Waals surface area contributed by atoms with Crippen molar-refractivity contribution in [1.29, 1.82) is 0 Å². The number of aryl methyl sites for hydroxylation is 2. The summed E-state index contributed by atoms with van der Waals surface area (Å²) in [5, 5.41) is 3.15. The third-order valence-corrected chi connectivity index (χ3v) is 5.27. The summed E-state index contributed by atoms with van der Waals surface area (Å²) in [7, 11) is 0. The Labute approximate surface area is 131 Å². The number of furan rings is 1. The molecule has 1 saturated heterocycles. The largest absolute Gasteiger partial charge is 0.456 e. The van der Waals surface area contributed by atoms with Crippen LogP contribution in [-0.4, -0.2) is 37.9 Å². The second-order valence-corrected chi connectivity index (χ2v) is 6.40. The molecule has 22 heavy (non-hydrogen) atoms. The highest BCUT2D eigenvalue weighted by Crippen LogP contribution is 2.50. The van der Waals surface area contributed by atoms with Crippen molar-refractivity contribution >= 4 is 5.91 Å². The molecule has 2 heterocycles. The molecule has 1 amide bonds. The van der Waals surface area contributed by atoms with Crippen LogP contribution in [0.3, 0.4) is 0 Å². The molecular weight excluding hydrogens is 282 g/mol. The van der Waals surface area contributed by atoms with Crippen molar-refractivity contribution < 1.29 is 18.7 Å². The number of carbonyl (C=O) groups is 1. The first-order chi connectivity index (χ1) is 10.6. The van der Waals surface area contributed by atoms with Crippen molar-refractivity contribution in [3.8, 4) is 0 Å². The quantitative estimate of drug-likeness (QED) is 0.929. The van der Waals surface area contributed by atoms with Crippen LogP contribution in [0.25, 0.3) is 0 Å². The van der Waals surface area contributed by atoms with Crippen molar-refractivity contribution in [2.24, 2.45) is 5.41 Å². The molecule has 5 heteroatoms. The maximum atomic E-state index is 12.4. The van der Waals surface area contributed by atoms with Crippen LogP contribution in [0, 0.1) is 19.3 Å². The number of hydrogen-bond donors (Lipinski definition) is 1. The number of hydrogen-bond acceptors (Lipinski definition) is 4. The fraction of sp³-hybridized carbons (Fsp3) is 0.706. The molecule has 1 aliphatic heterocycles. The molecule has 1 aromatic heterocycles. The van der Waals surface area contributed by atoms with Crippen LogP contribution in [0.15, 0.2) is 10.5 Å². The molecule has 1 N–H and O–H groups in total. The van der Waals surface area contributed by atoms with E-state index in [9.17, 15) is 4.79 Å². The molecule has 2 aliphatic rings. The van der Waals surface area contributed by atoms with Gasteiger partial charge in [-0.25, -0.2) is 0 Å². The summed E-state index contributed by atoms with van der Waals surface area (Å²) in [6.45, 7) is 8.05. The third kappa shape index (κ3) is 2.57. The molecule has 3 rings (SSSR count). The van der Waals surface area contributed by atoms with E-state index < -0.39 is 0 Å². The maximum Gasteiger partial charge on any atom is 0.287 e. The Bertz CT molecular complexity index is 525. The van der Waals surface area contributed by atoms with Crippen molar-refractivity contribution in [1.82, 2.24) is 5.32 Å². The van der Waals surface area contributed by atoms with Gasteiger partial charge in [0.05, 0.1) is 6.10 Å². The Morgan fingerprint density at radius 2 is 2.14 bits per heavy atom. The van der Waals surface area contributed by atoms with E-state index in [0.717, 1.165) is 43.8 Å². The Balaban J connectivity index is 1.70. The van der Waals surface area contributed by atoms with E-state index in [4.69, 9.17) is 13.9 Å². The van der Waals surface area contributed by atoms with Crippen LogP contribution < -0.4 is 5.32 Å². The summed E-state index contributed by atoms with van der Waals surface area (Å²) in [6.07, 6.45) is 2.99. The first-order valence-electron chi connectivity index (χ1n) is 8.14. The van der Waals surface area contributed by atoms with Crippen LogP contribution in [-0.2, 0) is 9.47 Å². The van der Waals surface area contributed by atoms with Gasteiger partial charge in [-0.15, -0.1) is 0 Å². The van der Waals surface area contributed by atoms with E-state index in [1.807, 2.05) is 20.8 Å². The number of amides is 1. The van der Waals surface area contributed by atoms with Gasteiger partial charge in [-0.05, 0) is 51.7 Å². The van der Waals surface area contributed by atoms with Gasteiger partial charge in [0.15, 0.2) is 5.76 Å². The molecule has 5 nitrogen and oxygen atoms in total. The zero-order valence-electron chi connectivity index (χ0n) is 13.6. The SMILES string of the molecule is CCO[C@@H]1C[C@@H](NC(=O)c2cc(C)c(C)o2)C12CCOCC2. The zero-order chi connectivity index (χ0) is 15.7. The minimum atomic E-state index is -0.123. The highest BCUT2D eigenvalue weighted by Gasteiger charge is 2.56. The predicted octanol–water partition coefficient (Wildman–Crippen LogP) is 2.60. The lowest BCUT2D eigenvalue weighted by Crippen LogP contribution is -2.66. The smallest absolute Gasteiger partial charge is 0.287 e. The topological polar surface area (TPSA) is 60.7 Å². The number of carbonyl (C=O) groups excluding carboxylic acids is 1. The van der Waals surface area contributed by atoms with Crippen LogP contribution in [0.4, 0.5) is 0 Å². The van der Waals surface area contributed by atoms with Gasteiger partial charge < -0.3 is 19.2 Å². The molecule has 1 aromatic rings. The van der Waals surface area contributed by atoms with Crippen LogP contribution in [0.2, 0.25) is 0 Å². The Hall–Kier alpha value is -1.33. The average Bonchev–Trinajstić information content (AvgIpc) is 2.86. The second kappa shape index (κ2) is 6.05. The summed E-state index contributed by atoms with van der Waals surface area (Å²) in [4.78, 5) is 12.4. The zero-order valence-corrected chi connectivity index (χ0v) is 13.6. The summed E-state index contributed by atoms with van der Waals surface area (Å²) >= 11 is 0. The summed E-state index contributed by atoms with van der Waals surface area (Å²) in [6, 6.07) is 1.95. The molecule has 0 aromatic carbocycles. The lowest BCUT2D eigenvalue weighted by atomic mass is 9.57. The van der Waals surface area contributed by atoms with Gasteiger partial charge in [-0.1, -0.05) is 0 Å². The van der Waals surface area contributed by atoms with Gasteiger partial charge in [0.1, 0.15) is 5.76 Å². The molecule has 1 spiro atoms. The molecule has 0 unspecified atom stereocenters. The number of nitrogens with one attached hydrogen (secondary N) is 1. The molecule has 1 saturated carbocycles. The minimum Gasteiger partial charge on any atom is -0.456 e. The fourth-order valence-electron chi connectivity index (χ4n) is 3.72. The van der Waals surface area contributed by atoms with Crippen LogP contribution in [0.5, 0.6) is 0 Å². The number of rotatable bonds is 4. The molecule has 0 radical (unpaired) electrons. The maximum absolute atomic E-state index is 12.4. The summed E-state index contributed by atoms with van der Waals surface area (Å²) < 4.78 is 16.9. The second-order valence-electron chi connectivity index (χ2n) is 6.40. The Morgan fingerprint density at radius 3 is 2.73 bits per heavy atom. The molecule has 0 bridgehead atoms. The lowest BCUT2D eigenvalue weighted by Gasteiger charge is -2.57. The monoisotopic (exact) mass is 307 g/mol. The van der Waals surface area contributed by atoms with E-state index in [2.05, 4.69) is 5.32 Å². The van der Waals surface area contributed by atoms with Gasteiger partial charge in [-0.2, -0.15) is 0 Å². The molecule has 2 fully saturated rings. The first-order valence-corrected chi connectivity index (χ1v) is 8.14. The molecule has 2 atom stereocenters. The van der Waals surface area contributed by atoms with Gasteiger partial charge in [-0.3, -0.25) is 4.79 Å². The lowest BCUT2D eigenvalue weighted by molar-refractivity contribution is -0.170. The van der Waals surface area contributed by atoms with Crippen molar-refractivity contribution in [3.63, 3.8) is 0 Å². The third-order valence-electron chi connectivity index (χ3n) is 5.27. The molecule has 1 aliphatic carbocycles. The molecular formula is C17H25NO4. The van der Waals surface area contributed by atoms with Crippen molar-refractivity contribution in [3.05, 3.63) is 23.2 Å². The normalized spacial score (nSPS) is 26.7. The predicted molar refractivity (Wildman–Crippen MR) is 82.0 cm³/mol. The van der Waals surface area contributed by atoms with E-state index in [0.29, 0.717) is 12.4 Å². The fourth-order valence-corrected chi connectivity index (χ4v) is 3.72.